The molecule has 0 saturated carbocycles. The van der Waals surface area contributed by atoms with Crippen LogP contribution in [0.4, 0.5) is 25.3 Å². The van der Waals surface area contributed by atoms with E-state index in [2.05, 4.69) is 31.0 Å². The largest absolute Gasteiger partial charge is 0.444 e. The standard InChI is InChI=1S/C35H41F2N11O6/c1-5-48-44-29(43-45-48)27-25(49)26(50)31(53-27)47-18-39-24-28(38-17-35(52,19-6-10-21(36)11-7-19)20-8-12-22(37)13-9-20)41-32(42-30(24)47)46-15-14-23(16-46)40-33(51)54-34(2,3)4/h6-13,18,23,25-27,31,49-50,52H,5,14-17H2,1-4H3,(H,40,51)(H,38,41,42)/t23-,25+,26-,27+,31-/m1/s1. The van der Waals surface area contributed by atoms with Gasteiger partial charge in [0.1, 0.15) is 35.0 Å². The lowest BCUT2D eigenvalue weighted by molar-refractivity contribution is -0.0384. The number of nitrogens with zero attached hydrogens (tertiary/aromatic N) is 9. The van der Waals surface area contributed by atoms with Crippen LogP contribution in [0.3, 0.4) is 0 Å². The van der Waals surface area contributed by atoms with Gasteiger partial charge in [-0.3, -0.25) is 4.57 Å². The molecule has 1 amide bonds. The Balaban J connectivity index is 1.25. The number of rotatable bonds is 10. The third kappa shape index (κ3) is 7.39. The van der Waals surface area contributed by atoms with Gasteiger partial charge in [-0.25, -0.2) is 18.6 Å². The summed E-state index contributed by atoms with van der Waals surface area (Å²) >= 11 is 0. The van der Waals surface area contributed by atoms with Gasteiger partial charge in [-0.15, -0.1) is 10.2 Å². The maximum Gasteiger partial charge on any atom is 0.407 e. The number of aliphatic hydroxyl groups excluding tert-OH is 2. The average Bonchev–Trinajstić information content (AvgIpc) is 3.94. The molecule has 2 saturated heterocycles. The second-order valence-electron chi connectivity index (χ2n) is 14.3. The molecule has 0 bridgehead atoms. The van der Waals surface area contributed by atoms with Crippen molar-refractivity contribution in [3.8, 4) is 0 Å². The third-order valence-corrected chi connectivity index (χ3v) is 9.27. The number of nitrogens with one attached hydrogen (secondary N) is 2. The zero-order valence-corrected chi connectivity index (χ0v) is 30.0. The first kappa shape index (κ1) is 37.0. The number of imidazole rings is 1. The third-order valence-electron chi connectivity index (χ3n) is 9.27. The molecule has 286 valence electrons. The smallest absolute Gasteiger partial charge is 0.407 e. The first-order valence-electron chi connectivity index (χ1n) is 17.5. The number of aliphatic hydroxyl groups is 3. The van der Waals surface area contributed by atoms with E-state index in [0.29, 0.717) is 37.2 Å². The summed E-state index contributed by atoms with van der Waals surface area (Å²) in [7, 11) is 0. The molecule has 5 heterocycles. The van der Waals surface area contributed by atoms with Crippen LogP contribution in [0.25, 0.3) is 11.2 Å². The lowest BCUT2D eigenvalue weighted by Crippen LogP contribution is -2.40. The number of aromatic nitrogens is 8. The lowest BCUT2D eigenvalue weighted by Gasteiger charge is -2.30. The van der Waals surface area contributed by atoms with Crippen molar-refractivity contribution in [2.24, 2.45) is 0 Å². The number of tetrazole rings is 1. The Morgan fingerprint density at radius 1 is 1.02 bits per heavy atom. The molecule has 5 N–H and O–H groups in total. The Labute approximate surface area is 308 Å². The fourth-order valence-electron chi connectivity index (χ4n) is 6.53. The van der Waals surface area contributed by atoms with Gasteiger partial charge >= 0.3 is 6.09 Å². The minimum absolute atomic E-state index is 0.0921. The summed E-state index contributed by atoms with van der Waals surface area (Å²) in [5.41, 5.74) is -1.40. The van der Waals surface area contributed by atoms with Crippen molar-refractivity contribution >= 4 is 29.0 Å². The number of aryl methyl sites for hydroxylation is 1. The van der Waals surface area contributed by atoms with Gasteiger partial charge in [-0.2, -0.15) is 14.8 Å². The molecule has 0 unspecified atom stereocenters. The number of ether oxygens (including phenoxy) is 2. The molecular formula is C35H41F2N11O6. The van der Waals surface area contributed by atoms with Crippen molar-refractivity contribution in [3.05, 3.63) is 83.4 Å². The van der Waals surface area contributed by atoms with Crippen molar-refractivity contribution in [2.45, 2.75) is 82.4 Å². The van der Waals surface area contributed by atoms with Crippen LogP contribution in [-0.4, -0.2) is 105 Å². The van der Waals surface area contributed by atoms with Crippen molar-refractivity contribution < 1.29 is 38.4 Å². The first-order valence-corrected chi connectivity index (χ1v) is 17.5. The summed E-state index contributed by atoms with van der Waals surface area (Å²) in [5.74, 6) is -0.503. The molecule has 0 radical (unpaired) electrons. The van der Waals surface area contributed by atoms with Gasteiger partial charge in [0.25, 0.3) is 0 Å². The highest BCUT2D eigenvalue weighted by Crippen LogP contribution is 2.40. The summed E-state index contributed by atoms with van der Waals surface area (Å²) in [5, 5.41) is 52.7. The summed E-state index contributed by atoms with van der Waals surface area (Å²) in [6.45, 7) is 8.15. The van der Waals surface area contributed by atoms with E-state index in [0.717, 1.165) is 0 Å². The minimum atomic E-state index is -1.80. The molecule has 2 aromatic carbocycles. The Morgan fingerprint density at radius 3 is 2.30 bits per heavy atom. The Morgan fingerprint density at radius 2 is 1.69 bits per heavy atom. The lowest BCUT2D eigenvalue weighted by atomic mass is 9.86. The average molecular weight is 750 g/mol. The van der Waals surface area contributed by atoms with Crippen LogP contribution in [0, 0.1) is 11.6 Å². The van der Waals surface area contributed by atoms with Gasteiger partial charge in [0.15, 0.2) is 29.3 Å². The number of carbonyl (C=O) groups excluding carboxylic acids is 1. The fraction of sp³-hybridized carbons (Fsp3) is 0.457. The minimum Gasteiger partial charge on any atom is -0.444 e. The second kappa shape index (κ2) is 14.5. The van der Waals surface area contributed by atoms with E-state index < -0.39 is 53.5 Å². The van der Waals surface area contributed by atoms with Crippen LogP contribution in [-0.2, 0) is 21.6 Å². The Hall–Kier alpha value is -5.37. The molecule has 0 spiro atoms. The predicted octanol–water partition coefficient (Wildman–Crippen LogP) is 2.55. The molecule has 2 aliphatic rings. The highest BCUT2D eigenvalue weighted by molar-refractivity contribution is 5.84. The van der Waals surface area contributed by atoms with E-state index in [1.807, 2.05) is 11.8 Å². The molecule has 17 nitrogen and oxygen atoms in total. The number of amides is 1. The number of anilines is 2. The molecule has 7 rings (SSSR count). The van der Waals surface area contributed by atoms with E-state index in [-0.39, 0.29) is 41.3 Å². The van der Waals surface area contributed by atoms with Gasteiger partial charge < -0.3 is 40.3 Å². The van der Waals surface area contributed by atoms with Crippen LogP contribution in [0.5, 0.6) is 0 Å². The van der Waals surface area contributed by atoms with Crippen molar-refractivity contribution in [1.29, 1.82) is 0 Å². The van der Waals surface area contributed by atoms with Gasteiger partial charge in [0.2, 0.25) is 11.8 Å². The number of carbonyl (C=O) groups is 1. The molecule has 0 aliphatic carbocycles. The molecule has 19 heteroatoms. The topological polar surface area (TPSA) is 211 Å². The van der Waals surface area contributed by atoms with Crippen molar-refractivity contribution in [1.82, 2.24) is 45.0 Å². The van der Waals surface area contributed by atoms with E-state index in [1.54, 1.807) is 20.8 Å². The summed E-state index contributed by atoms with van der Waals surface area (Å²) in [4.78, 5) is 29.9. The summed E-state index contributed by atoms with van der Waals surface area (Å²) in [6, 6.07) is 10.3. The quantitative estimate of drug-likeness (QED) is 0.139. The van der Waals surface area contributed by atoms with Crippen molar-refractivity contribution in [2.75, 3.05) is 29.9 Å². The Kier molecular flexibility index (Phi) is 9.90. The predicted molar refractivity (Wildman–Crippen MR) is 188 cm³/mol. The van der Waals surface area contributed by atoms with Crippen LogP contribution < -0.4 is 15.5 Å². The SMILES string of the molecule is CCn1nnc([C@H]2O[C@@H](n3cnc4c(NCC(O)(c5ccc(F)cc5)c5ccc(F)cc5)nc(N5CC[C@@H](NC(=O)OC(C)(C)C)C5)nc43)[C@H](O)[C@@H]2O)n1. The monoisotopic (exact) mass is 749 g/mol. The number of benzene rings is 2. The van der Waals surface area contributed by atoms with Crippen LogP contribution in [0.1, 0.15) is 63.4 Å². The number of fused-ring (bicyclic) bond motifs is 1. The summed E-state index contributed by atoms with van der Waals surface area (Å²) < 4.78 is 41.0. The van der Waals surface area contributed by atoms with Gasteiger partial charge in [0.05, 0.1) is 25.5 Å². The first-order chi connectivity index (χ1) is 25.7. The van der Waals surface area contributed by atoms with E-state index in [9.17, 15) is 28.9 Å². The van der Waals surface area contributed by atoms with E-state index >= 15 is 0 Å². The maximum atomic E-state index is 14.0. The highest BCUT2D eigenvalue weighted by Gasteiger charge is 2.47. The van der Waals surface area contributed by atoms with E-state index in [4.69, 9.17) is 19.4 Å². The van der Waals surface area contributed by atoms with Crippen LogP contribution in [0.2, 0.25) is 0 Å². The molecule has 5 aromatic rings. The second-order valence-corrected chi connectivity index (χ2v) is 14.3. The highest BCUT2D eigenvalue weighted by atomic mass is 19.1. The van der Waals surface area contributed by atoms with Crippen molar-refractivity contribution in [3.63, 3.8) is 0 Å². The zero-order chi connectivity index (χ0) is 38.4. The van der Waals surface area contributed by atoms with Gasteiger partial charge in [-0.05, 0) is 74.7 Å². The maximum absolute atomic E-state index is 14.0. The van der Waals surface area contributed by atoms with E-state index in [1.165, 1.54) is 64.2 Å². The normalized spacial score (nSPS) is 21.9. The molecule has 3 aromatic heterocycles. The van der Waals surface area contributed by atoms with Crippen LogP contribution >= 0.6 is 0 Å². The van der Waals surface area contributed by atoms with Crippen LogP contribution in [0.15, 0.2) is 54.9 Å². The zero-order valence-electron chi connectivity index (χ0n) is 30.0. The molecule has 2 aliphatic heterocycles. The van der Waals surface area contributed by atoms with Gasteiger partial charge in [-0.1, -0.05) is 24.3 Å². The summed E-state index contributed by atoms with van der Waals surface area (Å²) in [6.07, 6.45) is -3.78. The number of hydrogen-bond acceptors (Lipinski definition) is 14. The number of halogens is 2. The fourth-order valence-corrected chi connectivity index (χ4v) is 6.53. The number of hydrogen-bond donors (Lipinski definition) is 5. The molecule has 54 heavy (non-hydrogen) atoms. The molecule has 2 fully saturated rings. The van der Waals surface area contributed by atoms with Gasteiger partial charge in [0, 0.05) is 13.1 Å². The Bertz CT molecular complexity index is 2060. The molecule has 5 atom stereocenters. The molecular weight excluding hydrogens is 708 g/mol. The number of alkyl carbamates (subject to hydrolysis) is 1.